The van der Waals surface area contributed by atoms with Crippen molar-refractivity contribution >= 4 is 64.1 Å². The summed E-state index contributed by atoms with van der Waals surface area (Å²) in [4.78, 5) is 48.7. The van der Waals surface area contributed by atoms with Gasteiger partial charge in [0, 0.05) is 56.1 Å². The van der Waals surface area contributed by atoms with Crippen LogP contribution in [0.25, 0.3) is 6.08 Å². The average Bonchev–Trinajstić information content (AvgIpc) is 3.88. The molecule has 0 saturated carbocycles. The third kappa shape index (κ3) is 11.2. The van der Waals surface area contributed by atoms with Gasteiger partial charge in [0.1, 0.15) is 10.3 Å². The van der Waals surface area contributed by atoms with Gasteiger partial charge in [0.25, 0.3) is 6.20 Å². The third-order valence-electron chi connectivity index (χ3n) is 6.42. The highest BCUT2D eigenvalue weighted by molar-refractivity contribution is 7.11. The normalized spacial score (nSPS) is 14.8. The smallest absolute Gasteiger partial charge is 0.312 e. The van der Waals surface area contributed by atoms with E-state index in [0.29, 0.717) is 54.7 Å². The minimum absolute atomic E-state index is 0.0203. The molecule has 2 aliphatic rings. The van der Waals surface area contributed by atoms with E-state index < -0.39 is 4.92 Å². The molecule has 1 N–H and O–H groups in total. The first-order valence-corrected chi connectivity index (χ1v) is 16.5. The van der Waals surface area contributed by atoms with Crippen molar-refractivity contribution in [3.05, 3.63) is 141 Å². The molecule has 0 aromatic carbocycles. The first-order valence-electron chi connectivity index (χ1n) is 13.9. The Bertz CT molecular complexity index is 1720. The molecule has 0 amide bonds. The number of hydrogen-bond donors (Lipinski definition) is 1. The summed E-state index contributed by atoms with van der Waals surface area (Å²) in [6.07, 6.45) is 6.75. The number of pyridine rings is 2. The summed E-state index contributed by atoms with van der Waals surface area (Å²) in [7, 11) is 0. The van der Waals surface area contributed by atoms with Crippen LogP contribution in [0.2, 0.25) is 10.3 Å². The molecule has 6 rings (SSSR count). The highest BCUT2D eigenvalue weighted by Crippen LogP contribution is 2.20. The molecule has 0 spiro atoms. The molecule has 0 aliphatic carbocycles. The number of hydrogen-bond acceptors (Lipinski definition) is 13. The number of thiophene rings is 2. The lowest BCUT2D eigenvalue weighted by Gasteiger charge is -2.18. The van der Waals surface area contributed by atoms with Crippen LogP contribution in [-0.2, 0) is 13.1 Å². The Balaban J connectivity index is 0.000000182. The van der Waals surface area contributed by atoms with Crippen molar-refractivity contribution in [1.29, 1.82) is 0 Å². The standard InChI is InChI=1S/C15H13ClN4O2S.C10H11ClN4O2.C5H4OS/c16-14-4-3-11(9-18-14)10-19-6-5-17-15(19)13(20(21)22)8-12-2-1-7-23-12;11-9-2-1-8(5-13-9)6-14-4-3-12-10(14)7-15(16)17;6-4-5-2-1-3-7-5/h1-4,7-9H,5-6,10H2;1-2,5,7,12H,3-4,6H2;1-4H/b13-8+;10-7-;. The predicted octanol–water partition coefficient (Wildman–Crippen LogP) is 6.10. The van der Waals surface area contributed by atoms with Crippen molar-refractivity contribution in [3.63, 3.8) is 0 Å². The Labute approximate surface area is 287 Å². The second kappa shape index (κ2) is 17.9. The fourth-order valence-corrected chi connectivity index (χ4v) is 5.73. The summed E-state index contributed by atoms with van der Waals surface area (Å²) in [5.74, 6) is 0.948. The van der Waals surface area contributed by atoms with Gasteiger partial charge in [0.05, 0.1) is 21.3 Å². The van der Waals surface area contributed by atoms with Gasteiger partial charge in [0.2, 0.25) is 5.84 Å². The highest BCUT2D eigenvalue weighted by atomic mass is 35.5. The van der Waals surface area contributed by atoms with Gasteiger partial charge >= 0.3 is 5.70 Å². The van der Waals surface area contributed by atoms with Crippen LogP contribution in [0, 0.1) is 20.2 Å². The number of aldehydes is 1. The molecule has 4 aromatic heterocycles. The SMILES string of the molecule is O=Cc1cccs1.O=[N+]([O-])/C(=C/c1cccs1)C1=NCCN1Cc1ccc(Cl)nc1.O=[N+]([O-])/C=C1/NCCN1Cc1ccc(Cl)nc1. The fourth-order valence-electron chi connectivity index (χ4n) is 4.33. The van der Waals surface area contributed by atoms with Crippen LogP contribution in [0.3, 0.4) is 0 Å². The summed E-state index contributed by atoms with van der Waals surface area (Å²) >= 11 is 14.4. The molecule has 1 fully saturated rings. The number of rotatable bonds is 9. The summed E-state index contributed by atoms with van der Waals surface area (Å²) in [5.41, 5.74) is 1.92. The summed E-state index contributed by atoms with van der Waals surface area (Å²) < 4.78 is 0. The first-order chi connectivity index (χ1) is 22.7. The van der Waals surface area contributed by atoms with E-state index in [9.17, 15) is 25.0 Å². The van der Waals surface area contributed by atoms with E-state index in [1.54, 1.807) is 36.7 Å². The molecular weight excluding hydrogens is 687 g/mol. The van der Waals surface area contributed by atoms with Crippen LogP contribution < -0.4 is 5.32 Å². The molecule has 0 atom stereocenters. The zero-order chi connectivity index (χ0) is 33.6. The number of nitro groups is 2. The van der Waals surface area contributed by atoms with E-state index in [1.165, 1.54) is 22.7 Å². The van der Waals surface area contributed by atoms with Gasteiger partial charge in [0.15, 0.2) is 12.1 Å². The van der Waals surface area contributed by atoms with E-state index in [1.807, 2.05) is 50.9 Å². The second-order valence-electron chi connectivity index (χ2n) is 9.69. The minimum Gasteiger partial charge on any atom is -0.365 e. The molecule has 2 aliphatic heterocycles. The van der Waals surface area contributed by atoms with E-state index >= 15 is 0 Å². The van der Waals surface area contributed by atoms with Gasteiger partial charge in [-0.25, -0.2) is 9.97 Å². The maximum atomic E-state index is 11.5. The molecule has 1 saturated heterocycles. The van der Waals surface area contributed by atoms with Crippen LogP contribution in [0.15, 0.2) is 94.4 Å². The molecule has 6 heterocycles. The molecule has 0 bridgehead atoms. The van der Waals surface area contributed by atoms with Crippen LogP contribution >= 0.6 is 45.9 Å². The first kappa shape index (κ1) is 35.2. The fraction of sp³-hybridized carbons (Fsp3) is 0.200. The van der Waals surface area contributed by atoms with Gasteiger partial charge in [-0.15, -0.1) is 22.7 Å². The summed E-state index contributed by atoms with van der Waals surface area (Å²) in [6.45, 7) is 3.73. The lowest BCUT2D eigenvalue weighted by molar-refractivity contribution is -0.414. The van der Waals surface area contributed by atoms with Crippen molar-refractivity contribution < 1.29 is 14.6 Å². The van der Waals surface area contributed by atoms with E-state index in [-0.39, 0.29) is 10.6 Å². The number of nitrogens with one attached hydrogen (secondary N) is 1. The van der Waals surface area contributed by atoms with Gasteiger partial charge in [-0.3, -0.25) is 30.0 Å². The molecular formula is C30H28Cl2N8O5S2. The summed E-state index contributed by atoms with van der Waals surface area (Å²) in [6, 6.07) is 14.5. The van der Waals surface area contributed by atoms with Crippen LogP contribution in [-0.4, -0.2) is 67.9 Å². The van der Waals surface area contributed by atoms with Crippen molar-refractivity contribution in [2.24, 2.45) is 4.99 Å². The number of halogens is 2. The molecule has 17 heteroatoms. The Kier molecular flexibility index (Phi) is 13.4. The molecule has 13 nitrogen and oxygen atoms in total. The largest absolute Gasteiger partial charge is 0.365 e. The van der Waals surface area contributed by atoms with Crippen molar-refractivity contribution in [2.75, 3.05) is 26.2 Å². The van der Waals surface area contributed by atoms with Crippen molar-refractivity contribution in [1.82, 2.24) is 25.1 Å². The zero-order valence-corrected chi connectivity index (χ0v) is 27.8. The minimum atomic E-state index is -0.458. The van der Waals surface area contributed by atoms with Gasteiger partial charge in [-0.2, -0.15) is 0 Å². The van der Waals surface area contributed by atoms with E-state index in [4.69, 9.17) is 23.2 Å². The van der Waals surface area contributed by atoms with Crippen molar-refractivity contribution in [3.8, 4) is 0 Å². The Morgan fingerprint density at radius 1 is 0.894 bits per heavy atom. The Hall–Kier alpha value is -4.70. The quantitative estimate of drug-likeness (QED) is 0.0928. The maximum absolute atomic E-state index is 11.5. The Morgan fingerprint density at radius 3 is 2.00 bits per heavy atom. The lowest BCUT2D eigenvalue weighted by Crippen LogP contribution is -2.30. The second-order valence-corrected chi connectivity index (χ2v) is 12.4. The number of carbonyl (C=O) groups is 1. The number of aliphatic imine (C=N–C) groups is 1. The number of aromatic nitrogens is 2. The molecule has 4 aromatic rings. The molecule has 0 unspecified atom stereocenters. The van der Waals surface area contributed by atoms with E-state index in [2.05, 4.69) is 20.3 Å². The predicted molar refractivity (Wildman–Crippen MR) is 184 cm³/mol. The highest BCUT2D eigenvalue weighted by Gasteiger charge is 2.29. The van der Waals surface area contributed by atoms with Gasteiger partial charge < -0.3 is 15.1 Å². The summed E-state index contributed by atoms with van der Waals surface area (Å²) in [5, 5.41) is 29.5. The van der Waals surface area contributed by atoms with Gasteiger partial charge in [-0.05, 0) is 46.2 Å². The molecule has 244 valence electrons. The molecule has 47 heavy (non-hydrogen) atoms. The number of amidine groups is 1. The lowest BCUT2D eigenvalue weighted by atomic mass is 10.2. The van der Waals surface area contributed by atoms with Crippen LogP contribution in [0.1, 0.15) is 25.7 Å². The van der Waals surface area contributed by atoms with E-state index in [0.717, 1.165) is 39.9 Å². The molecule has 0 radical (unpaired) electrons. The number of carbonyl (C=O) groups excluding carboxylic acids is 1. The number of nitrogens with zero attached hydrogens (tertiary/aromatic N) is 7. The third-order valence-corrected chi connectivity index (χ3v) is 8.48. The van der Waals surface area contributed by atoms with Crippen LogP contribution in [0.4, 0.5) is 0 Å². The monoisotopic (exact) mass is 714 g/mol. The van der Waals surface area contributed by atoms with Crippen molar-refractivity contribution in [2.45, 2.75) is 13.1 Å². The Morgan fingerprint density at radius 2 is 1.51 bits per heavy atom. The van der Waals surface area contributed by atoms with Crippen LogP contribution in [0.5, 0.6) is 0 Å². The van der Waals surface area contributed by atoms with Gasteiger partial charge in [-0.1, -0.05) is 47.5 Å². The topological polar surface area (TPSA) is 160 Å². The maximum Gasteiger partial charge on any atom is 0.312 e. The average molecular weight is 716 g/mol. The zero-order valence-electron chi connectivity index (χ0n) is 24.6.